The van der Waals surface area contributed by atoms with Gasteiger partial charge in [0.15, 0.2) is 6.26 Å². The van der Waals surface area contributed by atoms with Gasteiger partial charge in [-0.2, -0.15) is 8.78 Å². The number of rotatable bonds is 2. The summed E-state index contributed by atoms with van der Waals surface area (Å²) >= 11 is 0. The third kappa shape index (κ3) is 2.13. The zero-order valence-electron chi connectivity index (χ0n) is 7.78. The van der Waals surface area contributed by atoms with Gasteiger partial charge in [0.1, 0.15) is 5.75 Å². The summed E-state index contributed by atoms with van der Waals surface area (Å²) in [7, 11) is 0. The molecule has 2 aromatic rings. The molecule has 0 saturated carbocycles. The van der Waals surface area contributed by atoms with Crippen molar-refractivity contribution < 1.29 is 13.5 Å². The monoisotopic (exact) mass is 206 g/mol. The van der Waals surface area contributed by atoms with Gasteiger partial charge in [0.25, 0.3) is 0 Å². The summed E-state index contributed by atoms with van der Waals surface area (Å²) in [6, 6.07) is 12.8. The molecule has 15 heavy (non-hydrogen) atoms. The van der Waals surface area contributed by atoms with Crippen molar-refractivity contribution in [2.45, 2.75) is 0 Å². The molecule has 0 amide bonds. The Kier molecular flexibility index (Phi) is 2.63. The number of fused-ring (bicyclic) bond motifs is 1. The highest BCUT2D eigenvalue weighted by Crippen LogP contribution is 2.25. The van der Waals surface area contributed by atoms with Crippen LogP contribution in [0.15, 0.2) is 54.8 Å². The van der Waals surface area contributed by atoms with Crippen LogP contribution < -0.4 is 4.74 Å². The van der Waals surface area contributed by atoms with Crippen LogP contribution in [0, 0.1) is 0 Å². The fourth-order valence-corrected chi connectivity index (χ4v) is 1.41. The van der Waals surface area contributed by atoms with Crippen molar-refractivity contribution in [3.05, 3.63) is 54.8 Å². The molecule has 0 N–H and O–H groups in total. The molecule has 1 nitrogen and oxygen atoms in total. The minimum absolute atomic E-state index is 0.431. The van der Waals surface area contributed by atoms with E-state index in [4.69, 9.17) is 4.74 Å². The molecule has 0 aromatic heterocycles. The third-order valence-electron chi connectivity index (χ3n) is 2.02. The summed E-state index contributed by atoms with van der Waals surface area (Å²) in [5, 5.41) is 1.78. The van der Waals surface area contributed by atoms with Crippen LogP contribution in [0.4, 0.5) is 8.78 Å². The Hall–Kier alpha value is -1.90. The minimum atomic E-state index is -1.84. The molecule has 2 rings (SSSR count). The van der Waals surface area contributed by atoms with E-state index < -0.39 is 6.08 Å². The van der Waals surface area contributed by atoms with Gasteiger partial charge in [0.05, 0.1) is 0 Å². The van der Waals surface area contributed by atoms with Gasteiger partial charge in [0, 0.05) is 5.39 Å². The summed E-state index contributed by atoms with van der Waals surface area (Å²) in [6.07, 6.45) is -1.40. The van der Waals surface area contributed by atoms with Crippen LogP contribution in [0.3, 0.4) is 0 Å². The SMILES string of the molecule is FC(F)=COc1cccc2ccccc12. The van der Waals surface area contributed by atoms with Crippen molar-refractivity contribution >= 4 is 10.8 Å². The third-order valence-corrected chi connectivity index (χ3v) is 2.02. The van der Waals surface area contributed by atoms with Crippen molar-refractivity contribution in [3.63, 3.8) is 0 Å². The lowest BCUT2D eigenvalue weighted by Gasteiger charge is -2.04. The molecule has 0 heterocycles. The molecule has 0 unspecified atom stereocenters. The lowest BCUT2D eigenvalue weighted by Crippen LogP contribution is -1.84. The molecule has 76 valence electrons. The Labute approximate surface area is 85.6 Å². The molecule has 0 aliphatic heterocycles. The van der Waals surface area contributed by atoms with E-state index in [2.05, 4.69) is 0 Å². The first-order valence-corrected chi connectivity index (χ1v) is 4.43. The van der Waals surface area contributed by atoms with Crippen LogP contribution in [-0.2, 0) is 0 Å². The van der Waals surface area contributed by atoms with Gasteiger partial charge in [-0.05, 0) is 11.5 Å². The van der Waals surface area contributed by atoms with Crippen LogP contribution in [0.25, 0.3) is 10.8 Å². The number of benzene rings is 2. The molecule has 0 atom stereocenters. The van der Waals surface area contributed by atoms with Gasteiger partial charge < -0.3 is 4.74 Å². The zero-order chi connectivity index (χ0) is 10.7. The van der Waals surface area contributed by atoms with E-state index in [1.54, 1.807) is 12.1 Å². The lowest BCUT2D eigenvalue weighted by atomic mass is 10.1. The average Bonchev–Trinajstić information content (AvgIpc) is 2.26. The van der Waals surface area contributed by atoms with E-state index in [0.717, 1.165) is 10.8 Å². The summed E-state index contributed by atoms with van der Waals surface area (Å²) in [5.74, 6) is 0.431. The summed E-state index contributed by atoms with van der Waals surface area (Å²) < 4.78 is 28.6. The number of halogens is 2. The Bertz CT molecular complexity index is 496. The first-order chi connectivity index (χ1) is 7.27. The molecule has 0 bridgehead atoms. The topological polar surface area (TPSA) is 9.23 Å². The first-order valence-electron chi connectivity index (χ1n) is 4.43. The lowest BCUT2D eigenvalue weighted by molar-refractivity contribution is 0.366. The van der Waals surface area contributed by atoms with Crippen molar-refractivity contribution in [1.82, 2.24) is 0 Å². The highest BCUT2D eigenvalue weighted by molar-refractivity contribution is 5.88. The number of ether oxygens (including phenoxy) is 1. The molecule has 0 radical (unpaired) electrons. The van der Waals surface area contributed by atoms with Gasteiger partial charge in [-0.25, -0.2) is 0 Å². The van der Waals surface area contributed by atoms with Crippen molar-refractivity contribution in [2.75, 3.05) is 0 Å². The molecule has 0 fully saturated rings. The minimum Gasteiger partial charge on any atom is -0.459 e. The van der Waals surface area contributed by atoms with E-state index in [1.807, 2.05) is 30.3 Å². The van der Waals surface area contributed by atoms with Crippen molar-refractivity contribution in [3.8, 4) is 5.75 Å². The molecule has 3 heteroatoms. The molecule has 0 spiro atoms. The van der Waals surface area contributed by atoms with Crippen LogP contribution >= 0.6 is 0 Å². The van der Waals surface area contributed by atoms with Crippen LogP contribution in [-0.4, -0.2) is 0 Å². The van der Waals surface area contributed by atoms with E-state index >= 15 is 0 Å². The normalized spacial score (nSPS) is 10.0. The maximum absolute atomic E-state index is 11.9. The van der Waals surface area contributed by atoms with Crippen LogP contribution in [0.5, 0.6) is 5.75 Å². The van der Waals surface area contributed by atoms with E-state index in [1.165, 1.54) is 0 Å². The van der Waals surface area contributed by atoms with E-state index in [9.17, 15) is 8.78 Å². The number of hydrogen-bond acceptors (Lipinski definition) is 1. The quantitative estimate of drug-likeness (QED) is 0.676. The maximum atomic E-state index is 11.9. The van der Waals surface area contributed by atoms with Gasteiger partial charge in [0.2, 0.25) is 0 Å². The predicted octanol–water partition coefficient (Wildman–Crippen LogP) is 3.96. The Morgan fingerprint density at radius 3 is 2.53 bits per heavy atom. The average molecular weight is 206 g/mol. The molecular weight excluding hydrogens is 198 g/mol. The van der Waals surface area contributed by atoms with Gasteiger partial charge in [-0.3, -0.25) is 0 Å². The Morgan fingerprint density at radius 2 is 1.73 bits per heavy atom. The van der Waals surface area contributed by atoms with Crippen LogP contribution in [0.2, 0.25) is 0 Å². The molecule has 2 aromatic carbocycles. The molecule has 0 saturated heterocycles. The van der Waals surface area contributed by atoms with Crippen molar-refractivity contribution in [1.29, 1.82) is 0 Å². The van der Waals surface area contributed by atoms with Crippen molar-refractivity contribution in [2.24, 2.45) is 0 Å². The smallest absolute Gasteiger partial charge is 0.305 e. The zero-order valence-corrected chi connectivity index (χ0v) is 7.78. The highest BCUT2D eigenvalue weighted by atomic mass is 19.3. The summed E-state index contributed by atoms with van der Waals surface area (Å²) in [4.78, 5) is 0. The summed E-state index contributed by atoms with van der Waals surface area (Å²) in [6.45, 7) is 0. The first kappa shape index (κ1) is 9.65. The predicted molar refractivity (Wildman–Crippen MR) is 54.9 cm³/mol. The van der Waals surface area contributed by atoms with Gasteiger partial charge >= 0.3 is 6.08 Å². The standard InChI is InChI=1S/C12H8F2O/c13-12(14)8-15-11-7-3-5-9-4-1-2-6-10(9)11/h1-8H. The fraction of sp³-hybridized carbons (Fsp3) is 0. The molecule has 0 aliphatic carbocycles. The van der Waals surface area contributed by atoms with E-state index in [0.29, 0.717) is 12.0 Å². The van der Waals surface area contributed by atoms with Gasteiger partial charge in [-0.15, -0.1) is 0 Å². The summed E-state index contributed by atoms with van der Waals surface area (Å²) in [5.41, 5.74) is 0. The molecule has 0 aliphatic rings. The fourth-order valence-electron chi connectivity index (χ4n) is 1.41. The Morgan fingerprint density at radius 1 is 1.00 bits per heavy atom. The second-order valence-corrected chi connectivity index (χ2v) is 3.00. The Balaban J connectivity index is 2.47. The molecular formula is C12H8F2O. The second-order valence-electron chi connectivity index (χ2n) is 3.00. The largest absolute Gasteiger partial charge is 0.459 e. The van der Waals surface area contributed by atoms with Crippen LogP contribution in [0.1, 0.15) is 0 Å². The van der Waals surface area contributed by atoms with Gasteiger partial charge in [-0.1, -0.05) is 36.4 Å². The maximum Gasteiger partial charge on any atom is 0.305 e. The number of hydrogen-bond donors (Lipinski definition) is 0. The highest BCUT2D eigenvalue weighted by Gasteiger charge is 2.00. The van der Waals surface area contributed by atoms with E-state index in [-0.39, 0.29) is 0 Å². The second kappa shape index (κ2) is 4.09.